The van der Waals surface area contributed by atoms with Crippen LogP contribution in [0, 0.1) is 0 Å². The van der Waals surface area contributed by atoms with E-state index < -0.39 is 0 Å². The van der Waals surface area contributed by atoms with Gasteiger partial charge in [-0.05, 0) is 24.3 Å². The van der Waals surface area contributed by atoms with Gasteiger partial charge in [-0.3, -0.25) is 0 Å². The smallest absolute Gasteiger partial charge is 0.138 e. The molecule has 0 fully saturated rings. The zero-order chi connectivity index (χ0) is 9.84. The van der Waals surface area contributed by atoms with E-state index in [0.717, 1.165) is 10.2 Å². The maximum Gasteiger partial charge on any atom is 0.138 e. The van der Waals surface area contributed by atoms with E-state index in [1.165, 1.54) is 0 Å². The Hall–Kier alpha value is -0.520. The Bertz CT molecular complexity index is 335. The van der Waals surface area contributed by atoms with Gasteiger partial charge >= 0.3 is 0 Å². The number of halogens is 1. The Balaban J connectivity index is 2.70. The number of thiocarbonyl (C=S) groups is 2. The highest BCUT2D eigenvalue weighted by atomic mass is 79.9. The van der Waals surface area contributed by atoms with E-state index in [9.17, 15) is 0 Å². The molecule has 3 N–H and O–H groups in total. The number of anilines is 1. The minimum absolute atomic E-state index is 0.206. The second kappa shape index (κ2) is 4.64. The zero-order valence-corrected chi connectivity index (χ0v) is 9.80. The van der Waals surface area contributed by atoms with Crippen molar-refractivity contribution in [3.63, 3.8) is 0 Å². The molecular formula is C8H7BrN2S2. The molecule has 0 bridgehead atoms. The van der Waals surface area contributed by atoms with Gasteiger partial charge in [-0.2, -0.15) is 0 Å². The van der Waals surface area contributed by atoms with Crippen LogP contribution in [0.15, 0.2) is 28.7 Å². The van der Waals surface area contributed by atoms with Crippen LogP contribution in [0.4, 0.5) is 5.69 Å². The lowest BCUT2D eigenvalue weighted by atomic mass is 10.3. The molecule has 1 aromatic rings. The third-order valence-corrected chi connectivity index (χ3v) is 2.51. The molecule has 0 radical (unpaired) electrons. The van der Waals surface area contributed by atoms with Crippen molar-refractivity contribution in [3.8, 4) is 0 Å². The zero-order valence-electron chi connectivity index (χ0n) is 6.58. The summed E-state index contributed by atoms with van der Waals surface area (Å²) in [7, 11) is 0. The van der Waals surface area contributed by atoms with E-state index in [4.69, 9.17) is 30.2 Å². The van der Waals surface area contributed by atoms with Crippen molar-refractivity contribution in [2.75, 3.05) is 5.32 Å². The number of nitrogens with one attached hydrogen (secondary N) is 1. The molecule has 0 aromatic heterocycles. The van der Waals surface area contributed by atoms with Crippen LogP contribution in [-0.4, -0.2) is 9.98 Å². The number of benzene rings is 1. The lowest BCUT2D eigenvalue weighted by Gasteiger charge is -2.05. The molecule has 2 nitrogen and oxygen atoms in total. The fourth-order valence-corrected chi connectivity index (χ4v) is 1.16. The van der Waals surface area contributed by atoms with Crippen molar-refractivity contribution in [3.05, 3.63) is 28.7 Å². The van der Waals surface area contributed by atoms with Gasteiger partial charge in [0, 0.05) is 10.2 Å². The first-order valence-electron chi connectivity index (χ1n) is 3.46. The van der Waals surface area contributed by atoms with E-state index in [0.29, 0.717) is 4.99 Å². The van der Waals surface area contributed by atoms with Gasteiger partial charge in [0.15, 0.2) is 0 Å². The first-order chi connectivity index (χ1) is 6.09. The second-order valence-corrected chi connectivity index (χ2v) is 4.09. The Labute approximate surface area is 95.6 Å². The summed E-state index contributed by atoms with van der Waals surface area (Å²) in [5.41, 5.74) is 6.21. The average Bonchev–Trinajstić information content (AvgIpc) is 2.08. The van der Waals surface area contributed by atoms with E-state index in [-0.39, 0.29) is 4.99 Å². The molecule has 0 spiro atoms. The number of hydrogen-bond acceptors (Lipinski definition) is 2. The molecule has 0 aliphatic heterocycles. The van der Waals surface area contributed by atoms with Crippen LogP contribution in [0.25, 0.3) is 0 Å². The Morgan fingerprint density at radius 3 is 2.23 bits per heavy atom. The fourth-order valence-electron chi connectivity index (χ4n) is 0.726. The summed E-state index contributed by atoms with van der Waals surface area (Å²) >= 11 is 12.9. The predicted molar refractivity (Wildman–Crippen MR) is 67.1 cm³/mol. The summed E-state index contributed by atoms with van der Waals surface area (Å²) in [6.07, 6.45) is 0. The lowest BCUT2D eigenvalue weighted by molar-refractivity contribution is 1.62. The van der Waals surface area contributed by atoms with Crippen LogP contribution in [0.2, 0.25) is 0 Å². The van der Waals surface area contributed by atoms with E-state index in [1.54, 1.807) is 0 Å². The molecule has 0 saturated heterocycles. The molecule has 0 aliphatic rings. The average molecular weight is 275 g/mol. The topological polar surface area (TPSA) is 38.0 Å². The maximum absolute atomic E-state index is 5.33. The fraction of sp³-hybridized carbons (Fsp3) is 0. The number of hydrogen-bond donors (Lipinski definition) is 2. The van der Waals surface area contributed by atoms with Gasteiger partial charge in [-0.1, -0.05) is 40.4 Å². The highest BCUT2D eigenvalue weighted by Crippen LogP contribution is 2.13. The summed E-state index contributed by atoms with van der Waals surface area (Å²) in [6, 6.07) is 7.58. The standard InChI is InChI=1S/C8H7BrN2S2/c9-5-1-3-6(4-2-5)11-8(13)7(10)12/h1-4H,(H2,10,12)(H,11,13). The third kappa shape index (κ3) is 3.38. The van der Waals surface area contributed by atoms with Gasteiger partial charge in [0.2, 0.25) is 0 Å². The Morgan fingerprint density at radius 1 is 1.23 bits per heavy atom. The molecule has 0 atom stereocenters. The monoisotopic (exact) mass is 274 g/mol. The molecule has 0 amide bonds. The van der Waals surface area contributed by atoms with Crippen LogP contribution in [0.3, 0.4) is 0 Å². The molecule has 1 rings (SSSR count). The third-order valence-electron chi connectivity index (χ3n) is 1.33. The molecule has 0 saturated carbocycles. The Morgan fingerprint density at radius 2 is 1.77 bits per heavy atom. The van der Waals surface area contributed by atoms with Crippen molar-refractivity contribution >= 4 is 56.0 Å². The first kappa shape index (κ1) is 10.6. The van der Waals surface area contributed by atoms with Gasteiger partial charge in [-0.25, -0.2) is 0 Å². The molecule has 13 heavy (non-hydrogen) atoms. The molecule has 1 aromatic carbocycles. The number of rotatable bonds is 1. The minimum atomic E-state index is 0.206. The predicted octanol–water partition coefficient (Wildman–Crippen LogP) is 2.47. The summed E-state index contributed by atoms with van der Waals surface area (Å²) < 4.78 is 1.01. The van der Waals surface area contributed by atoms with E-state index in [2.05, 4.69) is 21.2 Å². The molecule has 5 heteroatoms. The van der Waals surface area contributed by atoms with Gasteiger partial charge in [0.1, 0.15) is 9.98 Å². The van der Waals surface area contributed by atoms with Crippen LogP contribution in [-0.2, 0) is 0 Å². The van der Waals surface area contributed by atoms with Gasteiger partial charge in [0.25, 0.3) is 0 Å². The van der Waals surface area contributed by atoms with Crippen molar-refractivity contribution in [2.24, 2.45) is 5.73 Å². The van der Waals surface area contributed by atoms with E-state index >= 15 is 0 Å². The van der Waals surface area contributed by atoms with Crippen molar-refractivity contribution in [2.45, 2.75) is 0 Å². The van der Waals surface area contributed by atoms with Gasteiger partial charge < -0.3 is 11.1 Å². The molecule has 0 heterocycles. The first-order valence-corrected chi connectivity index (χ1v) is 5.07. The molecule has 0 unspecified atom stereocenters. The normalized spacial score (nSPS) is 9.31. The van der Waals surface area contributed by atoms with Crippen LogP contribution in [0.5, 0.6) is 0 Å². The quantitative estimate of drug-likeness (QED) is 0.772. The SMILES string of the molecule is NC(=S)C(=S)Nc1ccc(Br)cc1. The van der Waals surface area contributed by atoms with Crippen LogP contribution >= 0.6 is 40.4 Å². The van der Waals surface area contributed by atoms with Crippen molar-refractivity contribution in [1.82, 2.24) is 0 Å². The summed E-state index contributed by atoms with van der Waals surface area (Å²) in [5.74, 6) is 0. The highest BCUT2D eigenvalue weighted by molar-refractivity contribution is 9.10. The van der Waals surface area contributed by atoms with E-state index in [1.807, 2.05) is 24.3 Å². The van der Waals surface area contributed by atoms with Crippen LogP contribution < -0.4 is 11.1 Å². The largest absolute Gasteiger partial charge is 0.388 e. The summed E-state index contributed by atoms with van der Waals surface area (Å²) in [4.78, 5) is 0.593. The van der Waals surface area contributed by atoms with Crippen LogP contribution in [0.1, 0.15) is 0 Å². The van der Waals surface area contributed by atoms with Gasteiger partial charge in [0.05, 0.1) is 0 Å². The Kier molecular flexibility index (Phi) is 3.77. The number of nitrogens with two attached hydrogens (primary N) is 1. The second-order valence-electron chi connectivity index (χ2n) is 2.33. The molecule has 68 valence electrons. The molecule has 0 aliphatic carbocycles. The van der Waals surface area contributed by atoms with Gasteiger partial charge in [-0.15, -0.1) is 0 Å². The summed E-state index contributed by atoms with van der Waals surface area (Å²) in [6.45, 7) is 0. The van der Waals surface area contributed by atoms with Crippen molar-refractivity contribution < 1.29 is 0 Å². The molecular weight excluding hydrogens is 268 g/mol. The van der Waals surface area contributed by atoms with Crippen molar-refractivity contribution in [1.29, 1.82) is 0 Å². The highest BCUT2D eigenvalue weighted by Gasteiger charge is 1.99. The minimum Gasteiger partial charge on any atom is -0.388 e. The maximum atomic E-state index is 5.33. The summed E-state index contributed by atoms with van der Waals surface area (Å²) in [5, 5.41) is 2.91. The lowest BCUT2D eigenvalue weighted by Crippen LogP contribution is -2.25.